The third kappa shape index (κ3) is 2.02. The van der Waals surface area contributed by atoms with Gasteiger partial charge < -0.3 is 4.74 Å². The minimum absolute atomic E-state index is 0.0525. The van der Waals surface area contributed by atoms with Gasteiger partial charge in [0.05, 0.1) is 17.7 Å². The Balaban J connectivity index is 2.75. The second kappa shape index (κ2) is 4.83. The Labute approximate surface area is 104 Å². The van der Waals surface area contributed by atoms with Gasteiger partial charge in [0.25, 0.3) is 0 Å². The highest BCUT2D eigenvalue weighted by atomic mass is 16.6. The molecule has 0 N–H and O–H groups in total. The summed E-state index contributed by atoms with van der Waals surface area (Å²) in [7, 11) is 1.42. The molecule has 0 amide bonds. The lowest BCUT2D eigenvalue weighted by Crippen LogP contribution is -1.96. The van der Waals surface area contributed by atoms with Gasteiger partial charge in [0.15, 0.2) is 5.75 Å². The summed E-state index contributed by atoms with van der Waals surface area (Å²) in [5, 5.41) is 12.6. The number of fused-ring (bicyclic) bond motifs is 1. The number of pyridine rings is 1. The zero-order chi connectivity index (χ0) is 13.1. The zero-order valence-electron chi connectivity index (χ0n) is 9.92. The number of rotatable bonds is 4. The van der Waals surface area contributed by atoms with E-state index in [0.29, 0.717) is 6.42 Å². The highest BCUT2D eigenvalue weighted by Gasteiger charge is 2.17. The van der Waals surface area contributed by atoms with Gasteiger partial charge in [0, 0.05) is 24.1 Å². The summed E-state index contributed by atoms with van der Waals surface area (Å²) in [6.07, 6.45) is 3.96. The smallest absolute Gasteiger partial charge is 0.311 e. The number of ether oxygens (including phenoxy) is 1. The van der Waals surface area contributed by atoms with Gasteiger partial charge in [-0.1, -0.05) is 6.08 Å². The summed E-state index contributed by atoms with van der Waals surface area (Å²) >= 11 is 0. The normalized spacial score (nSPS) is 10.3. The van der Waals surface area contributed by atoms with Crippen molar-refractivity contribution in [3.05, 3.63) is 52.9 Å². The van der Waals surface area contributed by atoms with Crippen LogP contribution in [0.25, 0.3) is 10.8 Å². The van der Waals surface area contributed by atoms with Gasteiger partial charge in [-0.05, 0) is 17.5 Å². The van der Waals surface area contributed by atoms with Crippen LogP contribution in [0, 0.1) is 10.1 Å². The van der Waals surface area contributed by atoms with E-state index in [9.17, 15) is 10.1 Å². The summed E-state index contributed by atoms with van der Waals surface area (Å²) in [5.74, 6) is 0.253. The van der Waals surface area contributed by atoms with Crippen LogP contribution >= 0.6 is 0 Å². The molecule has 0 aliphatic carbocycles. The van der Waals surface area contributed by atoms with E-state index in [1.165, 1.54) is 13.2 Å². The van der Waals surface area contributed by atoms with Crippen molar-refractivity contribution >= 4 is 16.5 Å². The predicted octanol–water partition coefficient (Wildman–Crippen LogP) is 2.88. The predicted molar refractivity (Wildman–Crippen MR) is 68.9 cm³/mol. The number of hydrogen-bond donors (Lipinski definition) is 0. The summed E-state index contributed by atoms with van der Waals surface area (Å²) in [4.78, 5) is 14.7. The Morgan fingerprint density at radius 1 is 1.56 bits per heavy atom. The summed E-state index contributed by atoms with van der Waals surface area (Å²) in [5.41, 5.74) is 0.719. The van der Waals surface area contributed by atoms with Crippen molar-refractivity contribution in [2.45, 2.75) is 6.42 Å². The van der Waals surface area contributed by atoms with Gasteiger partial charge >= 0.3 is 5.69 Å². The second-order valence-corrected chi connectivity index (χ2v) is 3.75. The molecule has 0 saturated carbocycles. The molecule has 0 radical (unpaired) electrons. The molecule has 92 valence electrons. The molecule has 0 atom stereocenters. The number of benzene rings is 1. The van der Waals surface area contributed by atoms with E-state index in [0.717, 1.165) is 16.5 Å². The lowest BCUT2D eigenvalue weighted by atomic mass is 10.1. The maximum Gasteiger partial charge on any atom is 0.311 e. The van der Waals surface area contributed by atoms with E-state index < -0.39 is 4.92 Å². The van der Waals surface area contributed by atoms with E-state index in [2.05, 4.69) is 11.6 Å². The highest BCUT2D eigenvalue weighted by molar-refractivity contribution is 5.89. The van der Waals surface area contributed by atoms with Crippen LogP contribution in [0.2, 0.25) is 0 Å². The average Bonchev–Trinajstić information content (AvgIpc) is 2.37. The molecule has 18 heavy (non-hydrogen) atoms. The Hall–Kier alpha value is -2.43. The molecule has 1 aromatic heterocycles. The molecule has 0 spiro atoms. The molecule has 0 saturated heterocycles. The first kappa shape index (κ1) is 12.0. The molecule has 2 rings (SSSR count). The van der Waals surface area contributed by atoms with Crippen molar-refractivity contribution in [3.63, 3.8) is 0 Å². The molecule has 0 aliphatic heterocycles. The summed E-state index contributed by atoms with van der Waals surface area (Å²) in [6.45, 7) is 3.66. The van der Waals surface area contributed by atoms with Crippen molar-refractivity contribution in [1.29, 1.82) is 0 Å². The van der Waals surface area contributed by atoms with E-state index in [1.807, 2.05) is 0 Å². The third-order valence-electron chi connectivity index (χ3n) is 2.68. The van der Waals surface area contributed by atoms with Crippen LogP contribution in [0.4, 0.5) is 5.69 Å². The van der Waals surface area contributed by atoms with Crippen molar-refractivity contribution < 1.29 is 9.66 Å². The lowest BCUT2D eigenvalue weighted by molar-refractivity contribution is -0.385. The topological polar surface area (TPSA) is 65.3 Å². The number of aromatic nitrogens is 1. The fraction of sp³-hybridized carbons (Fsp3) is 0.154. The van der Waals surface area contributed by atoms with Crippen molar-refractivity contribution in [1.82, 2.24) is 4.98 Å². The van der Waals surface area contributed by atoms with Crippen LogP contribution in [0.15, 0.2) is 37.1 Å². The number of hydrogen-bond acceptors (Lipinski definition) is 4. The standard InChI is InChI=1S/C13H12N2O3/c1-3-4-11-10-8-12(15(16)17)13(18-2)7-9(10)5-6-14-11/h3,5-8H,1,4H2,2H3. The molecule has 0 bridgehead atoms. The molecule has 0 unspecified atom stereocenters. The number of nitro benzene ring substituents is 1. The van der Waals surface area contributed by atoms with E-state index in [1.54, 1.807) is 24.4 Å². The first-order valence-electron chi connectivity index (χ1n) is 5.38. The second-order valence-electron chi connectivity index (χ2n) is 3.75. The third-order valence-corrected chi connectivity index (χ3v) is 2.68. The van der Waals surface area contributed by atoms with E-state index >= 15 is 0 Å². The van der Waals surface area contributed by atoms with Crippen molar-refractivity contribution in [2.75, 3.05) is 7.11 Å². The van der Waals surface area contributed by atoms with Gasteiger partial charge in [0.1, 0.15) is 0 Å². The average molecular weight is 244 g/mol. The number of methoxy groups -OCH3 is 1. The van der Waals surface area contributed by atoms with Crippen LogP contribution in [-0.2, 0) is 6.42 Å². The van der Waals surface area contributed by atoms with Gasteiger partial charge in [-0.3, -0.25) is 15.1 Å². The Bertz CT molecular complexity index is 623. The first-order valence-corrected chi connectivity index (χ1v) is 5.38. The largest absolute Gasteiger partial charge is 0.490 e. The molecule has 0 aliphatic rings. The molecule has 2 aromatic rings. The van der Waals surface area contributed by atoms with Crippen molar-refractivity contribution in [2.24, 2.45) is 0 Å². The van der Waals surface area contributed by atoms with Crippen LogP contribution in [0.5, 0.6) is 5.75 Å². The SMILES string of the molecule is C=CCc1nccc2cc(OC)c([N+](=O)[O-])cc12. The van der Waals surface area contributed by atoms with Crippen LogP contribution in [-0.4, -0.2) is 17.0 Å². The van der Waals surface area contributed by atoms with Gasteiger partial charge in [0.2, 0.25) is 0 Å². The van der Waals surface area contributed by atoms with Gasteiger partial charge in [-0.25, -0.2) is 0 Å². The quantitative estimate of drug-likeness (QED) is 0.471. The van der Waals surface area contributed by atoms with Crippen molar-refractivity contribution in [3.8, 4) is 5.75 Å². The number of nitro groups is 1. The summed E-state index contributed by atoms with van der Waals surface area (Å²) < 4.78 is 5.03. The monoisotopic (exact) mass is 244 g/mol. The van der Waals surface area contributed by atoms with Crippen LogP contribution in [0.3, 0.4) is 0 Å². The molecular weight excluding hydrogens is 232 g/mol. The van der Waals surface area contributed by atoms with E-state index in [4.69, 9.17) is 4.74 Å². The lowest BCUT2D eigenvalue weighted by Gasteiger charge is -2.06. The van der Waals surface area contributed by atoms with Crippen LogP contribution in [0.1, 0.15) is 5.69 Å². The molecule has 5 heteroatoms. The first-order chi connectivity index (χ1) is 8.67. The van der Waals surface area contributed by atoms with E-state index in [-0.39, 0.29) is 11.4 Å². The molecule has 1 aromatic carbocycles. The van der Waals surface area contributed by atoms with Crippen LogP contribution < -0.4 is 4.74 Å². The highest BCUT2D eigenvalue weighted by Crippen LogP contribution is 2.32. The minimum Gasteiger partial charge on any atom is -0.490 e. The molecule has 1 heterocycles. The summed E-state index contributed by atoms with van der Waals surface area (Å²) in [6, 6.07) is 4.95. The molecular formula is C13H12N2O3. The zero-order valence-corrected chi connectivity index (χ0v) is 9.92. The number of allylic oxidation sites excluding steroid dienone is 1. The minimum atomic E-state index is -0.455. The Morgan fingerprint density at radius 2 is 2.33 bits per heavy atom. The number of nitrogens with zero attached hydrogens (tertiary/aromatic N) is 2. The fourth-order valence-corrected chi connectivity index (χ4v) is 1.85. The van der Waals surface area contributed by atoms with Gasteiger partial charge in [-0.15, -0.1) is 6.58 Å². The van der Waals surface area contributed by atoms with Gasteiger partial charge in [-0.2, -0.15) is 0 Å². The Morgan fingerprint density at radius 3 is 2.94 bits per heavy atom. The maximum atomic E-state index is 11.0. The maximum absolute atomic E-state index is 11.0. The Kier molecular flexibility index (Phi) is 3.23. The molecule has 5 nitrogen and oxygen atoms in total. The molecule has 0 fully saturated rings. The fourth-order valence-electron chi connectivity index (χ4n) is 1.85.